The van der Waals surface area contributed by atoms with Gasteiger partial charge >= 0.3 is 6.09 Å². The van der Waals surface area contributed by atoms with Crippen molar-refractivity contribution in [1.82, 2.24) is 20.9 Å². The molecule has 2 rings (SSSR count). The monoisotopic (exact) mass is 560 g/mol. The van der Waals surface area contributed by atoms with Crippen LogP contribution in [0.15, 0.2) is 40.8 Å². The minimum absolute atomic E-state index is 0.0720. The summed E-state index contributed by atoms with van der Waals surface area (Å²) < 4.78 is 5.28. The number of hydrogen-bond acceptors (Lipinski definition) is 9. The quantitative estimate of drug-likeness (QED) is 0.0667. The van der Waals surface area contributed by atoms with Gasteiger partial charge in [-0.3, -0.25) is 19.4 Å². The molecule has 1 aromatic carbocycles. The Kier molecular flexibility index (Phi) is 11.7. The number of ether oxygens (including phenoxy) is 1. The number of aliphatic imine (C=N–C) groups is 1. The number of anilines is 1. The molecule has 0 unspecified atom stereocenters. The fourth-order valence-corrected chi connectivity index (χ4v) is 4.05. The van der Waals surface area contributed by atoms with Crippen LogP contribution in [0.3, 0.4) is 0 Å². The van der Waals surface area contributed by atoms with Crippen LogP contribution in [0.5, 0.6) is 0 Å². The fraction of sp³-hybridized carbons (Fsp3) is 0.440. The Bertz CT molecular complexity index is 1160. The molecule has 1 aromatic heterocycles. The minimum atomic E-state index is -1.05. The summed E-state index contributed by atoms with van der Waals surface area (Å²) in [6.45, 7) is 4.94. The smallest absolute Gasteiger partial charge is 0.408 e. The molecule has 0 bridgehead atoms. The van der Waals surface area contributed by atoms with Crippen molar-refractivity contribution in [2.45, 2.75) is 57.7 Å². The molecule has 39 heavy (non-hydrogen) atoms. The van der Waals surface area contributed by atoms with E-state index in [2.05, 4.69) is 25.9 Å². The Balaban J connectivity index is 2.05. The van der Waals surface area contributed by atoms with Gasteiger partial charge in [0.1, 0.15) is 11.6 Å². The summed E-state index contributed by atoms with van der Waals surface area (Å²) >= 11 is 1.15. The Hall–Kier alpha value is -4.20. The Labute approximate surface area is 231 Å². The maximum absolute atomic E-state index is 13.0. The van der Waals surface area contributed by atoms with Gasteiger partial charge in [-0.15, -0.1) is 11.3 Å². The van der Waals surface area contributed by atoms with E-state index in [9.17, 15) is 19.2 Å². The van der Waals surface area contributed by atoms with Crippen molar-refractivity contribution in [2.24, 2.45) is 16.5 Å². The summed E-state index contributed by atoms with van der Waals surface area (Å²) in [5.74, 6) is -1.65. The zero-order valence-electron chi connectivity index (χ0n) is 22.2. The number of carbonyl (C=O) groups is 4. The molecule has 0 aliphatic carbocycles. The average Bonchev–Trinajstić information content (AvgIpc) is 3.37. The third kappa shape index (κ3) is 11.8. The Morgan fingerprint density at radius 3 is 2.49 bits per heavy atom. The molecular weight excluding hydrogens is 524 g/mol. The van der Waals surface area contributed by atoms with E-state index < -0.39 is 42.1 Å². The zero-order valence-corrected chi connectivity index (χ0v) is 23.0. The van der Waals surface area contributed by atoms with Crippen molar-refractivity contribution in [3.05, 3.63) is 46.4 Å². The van der Waals surface area contributed by atoms with E-state index in [-0.39, 0.29) is 36.1 Å². The number of aromatic nitrogens is 1. The number of thiazole rings is 1. The first-order valence-corrected chi connectivity index (χ1v) is 13.1. The van der Waals surface area contributed by atoms with Gasteiger partial charge in [0.05, 0.1) is 12.6 Å². The van der Waals surface area contributed by atoms with E-state index in [0.717, 1.165) is 11.3 Å². The van der Waals surface area contributed by atoms with E-state index in [1.807, 2.05) is 0 Å². The molecule has 0 radical (unpaired) electrons. The number of nitrogens with one attached hydrogen (secondary N) is 3. The molecule has 3 amide bonds. The van der Waals surface area contributed by atoms with E-state index in [4.69, 9.17) is 21.9 Å². The third-order valence-corrected chi connectivity index (χ3v) is 5.85. The molecule has 0 saturated heterocycles. The van der Waals surface area contributed by atoms with Crippen LogP contribution in [0.2, 0.25) is 0 Å². The summed E-state index contributed by atoms with van der Waals surface area (Å²) in [6, 6.07) is 4.93. The van der Waals surface area contributed by atoms with Crippen LogP contribution in [-0.4, -0.2) is 65.4 Å². The van der Waals surface area contributed by atoms with Gasteiger partial charge in [-0.25, -0.2) is 9.78 Å². The highest BCUT2D eigenvalue weighted by molar-refractivity contribution is 7.11. The van der Waals surface area contributed by atoms with Crippen LogP contribution in [0.1, 0.15) is 49.0 Å². The van der Waals surface area contributed by atoms with Gasteiger partial charge in [0, 0.05) is 30.2 Å². The summed E-state index contributed by atoms with van der Waals surface area (Å²) in [7, 11) is 0. The summed E-state index contributed by atoms with van der Waals surface area (Å²) in [4.78, 5) is 58.9. The minimum Gasteiger partial charge on any atom is -0.444 e. The van der Waals surface area contributed by atoms with Crippen LogP contribution in [-0.2, 0) is 20.7 Å². The van der Waals surface area contributed by atoms with Crippen LogP contribution < -0.4 is 33.2 Å². The number of hydrogen-bond donors (Lipinski definition) is 6. The lowest BCUT2D eigenvalue weighted by Crippen LogP contribution is -2.52. The molecule has 9 N–H and O–H groups in total. The number of alkyl carbamates (subject to hydrolysis) is 1. The first-order valence-electron chi connectivity index (χ1n) is 12.2. The van der Waals surface area contributed by atoms with E-state index in [1.165, 1.54) is 6.20 Å². The number of carbonyl (C=O) groups excluding carboxylic acids is 4. The predicted octanol–water partition coefficient (Wildman–Crippen LogP) is 0.699. The number of rotatable bonds is 13. The average molecular weight is 561 g/mol. The van der Waals surface area contributed by atoms with Crippen LogP contribution in [0, 0.1) is 0 Å². The van der Waals surface area contributed by atoms with Crippen molar-refractivity contribution in [3.63, 3.8) is 0 Å². The molecule has 14 heteroatoms. The number of ketones is 1. The van der Waals surface area contributed by atoms with Gasteiger partial charge in [0.2, 0.25) is 17.6 Å². The lowest BCUT2D eigenvalue weighted by molar-refractivity contribution is -0.127. The SMILES string of the molecule is CC(C)(C)OC(=O)N[C@H](Cc1cccc(N)c1)C(=O)NCC(=O)N[C@@H](CCCN=C(N)N)C(=O)c1nccs1. The fourth-order valence-electron chi connectivity index (χ4n) is 3.42. The normalized spacial score (nSPS) is 12.5. The van der Waals surface area contributed by atoms with Gasteiger partial charge in [-0.1, -0.05) is 12.1 Å². The van der Waals surface area contributed by atoms with Crippen molar-refractivity contribution < 1.29 is 23.9 Å². The third-order valence-electron chi connectivity index (χ3n) is 5.06. The molecule has 0 aliphatic heterocycles. The molecule has 2 aromatic rings. The highest BCUT2D eigenvalue weighted by Crippen LogP contribution is 2.13. The van der Waals surface area contributed by atoms with Crippen LogP contribution in [0.4, 0.5) is 10.5 Å². The number of nitrogens with two attached hydrogens (primary N) is 3. The van der Waals surface area contributed by atoms with Crippen molar-refractivity contribution >= 4 is 46.7 Å². The van der Waals surface area contributed by atoms with Crippen LogP contribution >= 0.6 is 11.3 Å². The second-order valence-corrected chi connectivity index (χ2v) is 10.5. The largest absolute Gasteiger partial charge is 0.444 e. The Morgan fingerprint density at radius 1 is 1.13 bits per heavy atom. The number of guanidine groups is 1. The van der Waals surface area contributed by atoms with E-state index in [0.29, 0.717) is 17.7 Å². The number of benzene rings is 1. The standard InChI is InChI=1S/C25H36N8O5S/c1-25(2,3)38-24(37)33-18(13-15-6-4-7-16(26)12-15)21(36)31-14-19(34)32-17(8-5-9-30-23(27)28)20(35)22-29-10-11-39-22/h4,6-7,10-12,17-18H,5,8-9,13-14,26H2,1-3H3,(H,31,36)(H,32,34)(H,33,37)(H4,27,28,30)/t17-,18+/m0/s1. The first-order chi connectivity index (χ1) is 18.3. The van der Waals surface area contributed by atoms with Gasteiger partial charge in [-0.05, 0) is 51.3 Å². The number of Topliss-reactive ketones (excluding diaryl/α,β-unsaturated/α-hetero) is 1. The highest BCUT2D eigenvalue weighted by Gasteiger charge is 2.27. The van der Waals surface area contributed by atoms with Gasteiger partial charge < -0.3 is 37.9 Å². The van der Waals surface area contributed by atoms with Crippen molar-refractivity contribution in [3.8, 4) is 0 Å². The number of nitrogen functional groups attached to an aromatic ring is 1. The lowest BCUT2D eigenvalue weighted by Gasteiger charge is -2.23. The zero-order chi connectivity index (χ0) is 29.0. The summed E-state index contributed by atoms with van der Waals surface area (Å²) in [5.41, 5.74) is 16.9. The van der Waals surface area contributed by atoms with Gasteiger partial charge in [0.15, 0.2) is 11.0 Å². The molecule has 2 atom stereocenters. The van der Waals surface area contributed by atoms with Gasteiger partial charge in [0.25, 0.3) is 0 Å². The molecule has 212 valence electrons. The molecule has 1 heterocycles. The number of amides is 3. The topological polar surface area (TPSA) is 217 Å². The molecule has 13 nitrogen and oxygen atoms in total. The van der Waals surface area contributed by atoms with Crippen LogP contribution in [0.25, 0.3) is 0 Å². The number of nitrogens with zero attached hydrogens (tertiary/aromatic N) is 2. The second kappa shape index (κ2) is 14.7. The van der Waals surface area contributed by atoms with Crippen molar-refractivity contribution in [1.29, 1.82) is 0 Å². The molecule has 0 fully saturated rings. The maximum atomic E-state index is 13.0. The second-order valence-electron chi connectivity index (χ2n) is 9.64. The summed E-state index contributed by atoms with van der Waals surface area (Å²) in [5, 5.41) is 9.60. The lowest BCUT2D eigenvalue weighted by atomic mass is 10.0. The van der Waals surface area contributed by atoms with E-state index in [1.54, 1.807) is 50.4 Å². The molecule has 0 aliphatic rings. The molecule has 0 spiro atoms. The van der Waals surface area contributed by atoms with Gasteiger partial charge in [-0.2, -0.15) is 0 Å². The predicted molar refractivity (Wildman–Crippen MR) is 149 cm³/mol. The van der Waals surface area contributed by atoms with Crippen molar-refractivity contribution in [2.75, 3.05) is 18.8 Å². The maximum Gasteiger partial charge on any atom is 0.408 e. The molecular formula is C25H36N8O5S. The first kappa shape index (κ1) is 31.0. The Morgan fingerprint density at radius 2 is 1.87 bits per heavy atom. The highest BCUT2D eigenvalue weighted by atomic mass is 32.1. The molecule has 0 saturated carbocycles. The van der Waals surface area contributed by atoms with E-state index >= 15 is 0 Å². The summed E-state index contributed by atoms with van der Waals surface area (Å²) in [6.07, 6.45) is 1.50.